The summed E-state index contributed by atoms with van der Waals surface area (Å²) in [6, 6.07) is 11.2. The number of benzene rings is 2. The van der Waals surface area contributed by atoms with E-state index in [4.69, 9.17) is 0 Å². The summed E-state index contributed by atoms with van der Waals surface area (Å²) in [5.41, 5.74) is 6.22. The SMILES string of the molecule is Cc1cc(C)cc(CNc2ccc([N+](=O)[O-])cc2-c2nn(C)cc2C#CC(C)(C)C)c1. The topological polar surface area (TPSA) is 73.0 Å². The molecule has 3 aromatic rings. The molecule has 0 aliphatic carbocycles. The summed E-state index contributed by atoms with van der Waals surface area (Å²) in [7, 11) is 1.83. The quantitative estimate of drug-likeness (QED) is 0.333. The monoisotopic (exact) mass is 416 g/mol. The van der Waals surface area contributed by atoms with Crippen molar-refractivity contribution in [3.63, 3.8) is 0 Å². The smallest absolute Gasteiger partial charge is 0.270 e. The van der Waals surface area contributed by atoms with Gasteiger partial charge in [-0.3, -0.25) is 14.8 Å². The first-order valence-corrected chi connectivity index (χ1v) is 10.2. The van der Waals surface area contributed by atoms with E-state index in [1.54, 1.807) is 16.8 Å². The van der Waals surface area contributed by atoms with E-state index in [1.165, 1.54) is 17.2 Å². The van der Waals surface area contributed by atoms with Gasteiger partial charge < -0.3 is 5.32 Å². The Balaban J connectivity index is 2.05. The molecule has 0 radical (unpaired) electrons. The number of aryl methyl sites for hydroxylation is 3. The van der Waals surface area contributed by atoms with Crippen LogP contribution in [0.2, 0.25) is 0 Å². The van der Waals surface area contributed by atoms with Crippen LogP contribution in [-0.4, -0.2) is 14.7 Å². The average molecular weight is 417 g/mol. The fourth-order valence-corrected chi connectivity index (χ4v) is 3.40. The number of nitrogens with zero attached hydrogens (tertiary/aromatic N) is 3. The second-order valence-corrected chi connectivity index (χ2v) is 8.90. The normalized spacial score (nSPS) is 11.0. The molecule has 6 nitrogen and oxygen atoms in total. The Kier molecular flexibility index (Phi) is 6.16. The minimum absolute atomic E-state index is 0.0207. The van der Waals surface area contributed by atoms with Gasteiger partial charge in [0.05, 0.1) is 10.5 Å². The van der Waals surface area contributed by atoms with Crippen LogP contribution in [0.4, 0.5) is 11.4 Å². The number of non-ortho nitro benzene ring substituents is 1. The van der Waals surface area contributed by atoms with Crippen molar-refractivity contribution in [2.75, 3.05) is 5.32 Å². The summed E-state index contributed by atoms with van der Waals surface area (Å²) in [6.07, 6.45) is 1.85. The van der Waals surface area contributed by atoms with Gasteiger partial charge >= 0.3 is 0 Å². The van der Waals surface area contributed by atoms with Crippen molar-refractivity contribution in [3.05, 3.63) is 75.0 Å². The van der Waals surface area contributed by atoms with Crippen molar-refractivity contribution >= 4 is 11.4 Å². The van der Waals surface area contributed by atoms with Gasteiger partial charge in [-0.2, -0.15) is 5.10 Å². The Morgan fingerprint density at radius 2 is 1.81 bits per heavy atom. The number of rotatable bonds is 5. The first-order valence-electron chi connectivity index (χ1n) is 10.2. The molecule has 0 atom stereocenters. The molecular formula is C25H28N4O2. The van der Waals surface area contributed by atoms with Crippen molar-refractivity contribution in [3.8, 4) is 23.1 Å². The predicted octanol–water partition coefficient (Wildman–Crippen LogP) is 5.62. The van der Waals surface area contributed by atoms with Crippen LogP contribution in [-0.2, 0) is 13.6 Å². The van der Waals surface area contributed by atoms with Gasteiger partial charge in [0.1, 0.15) is 5.69 Å². The van der Waals surface area contributed by atoms with Gasteiger partial charge in [0.15, 0.2) is 0 Å². The van der Waals surface area contributed by atoms with Crippen LogP contribution < -0.4 is 5.32 Å². The van der Waals surface area contributed by atoms with E-state index in [0.717, 1.165) is 16.8 Å². The lowest BCUT2D eigenvalue weighted by atomic mass is 9.97. The zero-order valence-corrected chi connectivity index (χ0v) is 18.9. The van der Waals surface area contributed by atoms with E-state index in [9.17, 15) is 10.1 Å². The van der Waals surface area contributed by atoms with Crippen molar-refractivity contribution in [2.24, 2.45) is 12.5 Å². The highest BCUT2D eigenvalue weighted by Crippen LogP contribution is 2.33. The summed E-state index contributed by atoms with van der Waals surface area (Å²) in [5.74, 6) is 6.44. The molecule has 0 unspecified atom stereocenters. The number of hydrogen-bond donors (Lipinski definition) is 1. The lowest BCUT2D eigenvalue weighted by Crippen LogP contribution is -2.03. The number of anilines is 1. The van der Waals surface area contributed by atoms with Crippen molar-refractivity contribution < 1.29 is 4.92 Å². The molecular weight excluding hydrogens is 388 g/mol. The summed E-state index contributed by atoms with van der Waals surface area (Å²) >= 11 is 0. The van der Waals surface area contributed by atoms with E-state index < -0.39 is 0 Å². The Morgan fingerprint density at radius 1 is 1.13 bits per heavy atom. The molecule has 0 spiro atoms. The van der Waals surface area contributed by atoms with Crippen LogP contribution >= 0.6 is 0 Å². The molecule has 0 bridgehead atoms. The van der Waals surface area contributed by atoms with Crippen molar-refractivity contribution in [1.29, 1.82) is 0 Å². The molecule has 1 heterocycles. The Labute approximate surface area is 183 Å². The third kappa shape index (κ3) is 5.73. The minimum Gasteiger partial charge on any atom is -0.380 e. The van der Waals surface area contributed by atoms with Crippen LogP contribution in [0, 0.1) is 41.2 Å². The highest BCUT2D eigenvalue weighted by Gasteiger charge is 2.18. The van der Waals surface area contributed by atoms with Crippen molar-refractivity contribution in [1.82, 2.24) is 9.78 Å². The minimum atomic E-state index is -0.388. The van der Waals surface area contributed by atoms with Crippen LogP contribution in [0.3, 0.4) is 0 Å². The predicted molar refractivity (Wildman–Crippen MR) is 125 cm³/mol. The fourth-order valence-electron chi connectivity index (χ4n) is 3.40. The number of nitro groups is 1. The zero-order valence-electron chi connectivity index (χ0n) is 18.9. The first-order chi connectivity index (χ1) is 14.5. The first kappa shape index (κ1) is 22.1. The standard InChI is InChI=1S/C25H28N4O2/c1-17-11-18(2)13-19(12-17)15-26-23-8-7-21(29(30)31)14-22(23)24-20(16-28(6)27-24)9-10-25(3,4)5/h7-8,11-14,16,26H,15H2,1-6H3. The summed E-state index contributed by atoms with van der Waals surface area (Å²) in [6.45, 7) is 10.9. The zero-order chi connectivity index (χ0) is 22.8. The number of nitrogens with one attached hydrogen (secondary N) is 1. The molecule has 0 saturated heterocycles. The van der Waals surface area contributed by atoms with Crippen LogP contribution in [0.5, 0.6) is 0 Å². The van der Waals surface area contributed by atoms with Gasteiger partial charge in [-0.05, 0) is 46.2 Å². The second kappa shape index (κ2) is 8.65. The van der Waals surface area contributed by atoms with Gasteiger partial charge in [-0.15, -0.1) is 0 Å². The van der Waals surface area contributed by atoms with Gasteiger partial charge in [0.25, 0.3) is 5.69 Å². The molecule has 6 heteroatoms. The van der Waals surface area contributed by atoms with Gasteiger partial charge in [0, 0.05) is 48.6 Å². The highest BCUT2D eigenvalue weighted by atomic mass is 16.6. The second-order valence-electron chi connectivity index (χ2n) is 8.90. The molecule has 1 N–H and O–H groups in total. The van der Waals surface area contributed by atoms with E-state index in [0.29, 0.717) is 17.8 Å². The molecule has 0 fully saturated rings. The molecule has 0 saturated carbocycles. The van der Waals surface area contributed by atoms with Gasteiger partial charge in [-0.1, -0.05) is 41.2 Å². The van der Waals surface area contributed by atoms with E-state index in [-0.39, 0.29) is 16.0 Å². The maximum Gasteiger partial charge on any atom is 0.270 e. The molecule has 0 amide bonds. The van der Waals surface area contributed by atoms with Gasteiger partial charge in [0.2, 0.25) is 0 Å². The maximum atomic E-state index is 11.4. The largest absolute Gasteiger partial charge is 0.380 e. The Bertz CT molecular complexity index is 1170. The number of aromatic nitrogens is 2. The summed E-state index contributed by atoms with van der Waals surface area (Å²) in [4.78, 5) is 11.0. The molecule has 0 aliphatic heterocycles. The molecule has 3 rings (SSSR count). The molecule has 1 aromatic heterocycles. The van der Waals surface area contributed by atoms with Crippen LogP contribution in [0.1, 0.15) is 43.0 Å². The van der Waals surface area contributed by atoms with E-state index >= 15 is 0 Å². The number of hydrogen-bond acceptors (Lipinski definition) is 4. The fraction of sp³-hybridized carbons (Fsp3) is 0.320. The third-order valence-corrected chi connectivity index (χ3v) is 4.63. The molecule has 2 aromatic carbocycles. The van der Waals surface area contributed by atoms with E-state index in [2.05, 4.69) is 54.3 Å². The lowest BCUT2D eigenvalue weighted by molar-refractivity contribution is -0.384. The summed E-state index contributed by atoms with van der Waals surface area (Å²) < 4.78 is 1.69. The Morgan fingerprint density at radius 3 is 2.42 bits per heavy atom. The van der Waals surface area contributed by atoms with E-state index in [1.807, 2.05) is 34.0 Å². The molecule has 31 heavy (non-hydrogen) atoms. The molecule has 160 valence electrons. The van der Waals surface area contributed by atoms with Gasteiger partial charge in [-0.25, -0.2) is 0 Å². The van der Waals surface area contributed by atoms with Crippen LogP contribution in [0.15, 0.2) is 42.6 Å². The maximum absolute atomic E-state index is 11.4. The highest BCUT2D eigenvalue weighted by molar-refractivity contribution is 5.81. The lowest BCUT2D eigenvalue weighted by Gasteiger charge is -2.13. The molecule has 0 aliphatic rings. The van der Waals surface area contributed by atoms with Crippen molar-refractivity contribution in [2.45, 2.75) is 41.2 Å². The Hall–Kier alpha value is -3.59. The third-order valence-electron chi connectivity index (χ3n) is 4.63. The van der Waals surface area contributed by atoms with Crippen LogP contribution in [0.25, 0.3) is 11.3 Å². The summed E-state index contributed by atoms with van der Waals surface area (Å²) in [5, 5.41) is 19.4. The average Bonchev–Trinajstić information content (AvgIpc) is 3.04. The number of nitro benzene ring substituents is 1.